The summed E-state index contributed by atoms with van der Waals surface area (Å²) in [5.41, 5.74) is 3.98. The van der Waals surface area contributed by atoms with Gasteiger partial charge in [0.25, 0.3) is 5.91 Å². The lowest BCUT2D eigenvalue weighted by atomic mass is 9.98. The van der Waals surface area contributed by atoms with Crippen molar-refractivity contribution in [2.75, 3.05) is 23.9 Å². The van der Waals surface area contributed by atoms with E-state index in [0.29, 0.717) is 46.6 Å². The summed E-state index contributed by atoms with van der Waals surface area (Å²) >= 11 is 0. The average Bonchev–Trinajstić information content (AvgIpc) is 3.15. The summed E-state index contributed by atoms with van der Waals surface area (Å²) in [5, 5.41) is 8.55. The number of anilines is 2. The van der Waals surface area contributed by atoms with Gasteiger partial charge in [-0.25, -0.2) is 12.8 Å². The van der Waals surface area contributed by atoms with E-state index in [4.69, 9.17) is 0 Å². The van der Waals surface area contributed by atoms with E-state index in [9.17, 15) is 22.4 Å². The minimum Gasteiger partial charge on any atom is -0.359 e. The van der Waals surface area contributed by atoms with Crippen LogP contribution in [0.25, 0.3) is 11.3 Å². The van der Waals surface area contributed by atoms with E-state index < -0.39 is 15.7 Å². The Morgan fingerprint density at radius 3 is 2.31 bits per heavy atom. The first kappa shape index (κ1) is 24.2. The lowest BCUT2D eigenvalue weighted by Gasteiger charge is -2.16. The Morgan fingerprint density at radius 2 is 1.69 bits per heavy atom. The van der Waals surface area contributed by atoms with Crippen LogP contribution in [0.3, 0.4) is 0 Å². The van der Waals surface area contributed by atoms with Crippen molar-refractivity contribution < 1.29 is 22.4 Å². The van der Waals surface area contributed by atoms with Crippen molar-refractivity contribution in [3.8, 4) is 0 Å². The molecule has 9 heteroatoms. The first-order valence-corrected chi connectivity index (χ1v) is 12.8. The molecule has 1 aliphatic heterocycles. The zero-order chi connectivity index (χ0) is 25.2. The minimum atomic E-state index is -3.36. The first-order valence-electron chi connectivity index (χ1n) is 10.9. The molecular weight excluding hydrogens is 469 g/mol. The maximum absolute atomic E-state index is 13.8. The Labute approximate surface area is 203 Å². The fourth-order valence-corrected chi connectivity index (χ4v) is 4.45. The van der Waals surface area contributed by atoms with Crippen molar-refractivity contribution in [2.24, 2.45) is 0 Å². The van der Waals surface area contributed by atoms with E-state index in [0.717, 1.165) is 11.8 Å². The molecule has 4 rings (SSSR count). The Hall–Kier alpha value is -3.98. The number of nitrogens with one attached hydrogen (secondary N) is 3. The average molecular weight is 494 g/mol. The van der Waals surface area contributed by atoms with Gasteiger partial charge in [0, 0.05) is 31.0 Å². The number of aryl methyl sites for hydroxylation is 1. The van der Waals surface area contributed by atoms with Gasteiger partial charge >= 0.3 is 0 Å². The molecule has 0 atom stereocenters. The summed E-state index contributed by atoms with van der Waals surface area (Å²) in [6.07, 6.45) is 2.05. The molecule has 0 bridgehead atoms. The van der Waals surface area contributed by atoms with Crippen LogP contribution in [0.4, 0.5) is 15.8 Å². The van der Waals surface area contributed by atoms with Crippen LogP contribution in [0.2, 0.25) is 0 Å². The minimum absolute atomic E-state index is 0.0532. The van der Waals surface area contributed by atoms with Crippen LogP contribution >= 0.6 is 0 Å². The molecule has 180 valence electrons. The molecule has 3 aromatic rings. The Balaban J connectivity index is 1.76. The molecule has 0 aromatic heterocycles. The van der Waals surface area contributed by atoms with Crippen molar-refractivity contribution in [2.45, 2.75) is 17.7 Å². The summed E-state index contributed by atoms with van der Waals surface area (Å²) in [6, 6.07) is 17.8. The molecule has 0 saturated heterocycles. The number of hydrogen-bond acceptors (Lipinski definition) is 5. The number of carbonyl (C=O) groups excluding carboxylic acids is 2. The van der Waals surface area contributed by atoms with Crippen molar-refractivity contribution in [1.82, 2.24) is 5.32 Å². The van der Waals surface area contributed by atoms with Crippen LogP contribution in [0.15, 0.2) is 71.6 Å². The van der Waals surface area contributed by atoms with Gasteiger partial charge in [-0.2, -0.15) is 0 Å². The van der Waals surface area contributed by atoms with Crippen LogP contribution in [0.5, 0.6) is 0 Å². The molecule has 0 radical (unpaired) electrons. The highest BCUT2D eigenvalue weighted by atomic mass is 32.2. The SMILES string of the molecule is CNC(=O)CCc1ccc(C(Nc2ccc(S(C)(=O)=O)cc2)=C2C(=O)Nc3cc(F)ccc32)cc1. The number of benzene rings is 3. The third-order valence-corrected chi connectivity index (χ3v) is 6.82. The molecule has 2 amide bonds. The van der Waals surface area contributed by atoms with Gasteiger partial charge in [-0.05, 0) is 60.0 Å². The molecule has 3 aromatic carbocycles. The quantitative estimate of drug-likeness (QED) is 0.434. The third kappa shape index (κ3) is 5.41. The number of halogens is 1. The molecule has 35 heavy (non-hydrogen) atoms. The number of fused-ring (bicyclic) bond motifs is 1. The van der Waals surface area contributed by atoms with E-state index in [2.05, 4.69) is 16.0 Å². The maximum Gasteiger partial charge on any atom is 0.258 e. The number of amides is 2. The Kier molecular flexibility index (Phi) is 6.70. The molecular formula is C26H24FN3O4S. The van der Waals surface area contributed by atoms with E-state index in [-0.39, 0.29) is 16.7 Å². The standard InChI is InChI=1S/C26H24FN3O4S/c1-28-23(31)14-5-16-3-6-17(7-4-16)25(29-19-9-11-20(12-10-19)35(2,33)34)24-21-13-8-18(27)15-22(21)30-26(24)32/h3-4,6-13,15,29H,5,14H2,1-2H3,(H,28,31)(H,30,32). The highest BCUT2D eigenvalue weighted by Gasteiger charge is 2.29. The van der Waals surface area contributed by atoms with Crippen LogP contribution in [0, 0.1) is 5.82 Å². The highest BCUT2D eigenvalue weighted by Crippen LogP contribution is 2.38. The molecule has 3 N–H and O–H groups in total. The smallest absolute Gasteiger partial charge is 0.258 e. The second-order valence-corrected chi connectivity index (χ2v) is 10.2. The number of rotatable bonds is 7. The highest BCUT2D eigenvalue weighted by molar-refractivity contribution is 7.90. The van der Waals surface area contributed by atoms with E-state index in [1.165, 1.54) is 24.3 Å². The summed E-state index contributed by atoms with van der Waals surface area (Å²) in [6.45, 7) is 0. The number of hydrogen-bond donors (Lipinski definition) is 3. The van der Waals surface area contributed by atoms with E-state index >= 15 is 0 Å². The molecule has 7 nitrogen and oxygen atoms in total. The second kappa shape index (κ2) is 9.71. The summed E-state index contributed by atoms with van der Waals surface area (Å²) in [4.78, 5) is 24.7. The fraction of sp³-hybridized carbons (Fsp3) is 0.154. The largest absolute Gasteiger partial charge is 0.359 e. The van der Waals surface area contributed by atoms with Crippen molar-refractivity contribution in [3.63, 3.8) is 0 Å². The summed E-state index contributed by atoms with van der Waals surface area (Å²) in [7, 11) is -1.76. The predicted molar refractivity (Wildman–Crippen MR) is 134 cm³/mol. The molecule has 0 aliphatic carbocycles. The number of carbonyl (C=O) groups is 2. The first-order chi connectivity index (χ1) is 16.7. The van der Waals surface area contributed by atoms with Crippen LogP contribution in [0.1, 0.15) is 23.1 Å². The summed E-state index contributed by atoms with van der Waals surface area (Å²) in [5.74, 6) is -0.899. The van der Waals surface area contributed by atoms with Gasteiger partial charge in [0.05, 0.1) is 21.9 Å². The van der Waals surface area contributed by atoms with Gasteiger partial charge < -0.3 is 16.0 Å². The molecule has 0 saturated carbocycles. The monoisotopic (exact) mass is 493 g/mol. The molecule has 0 spiro atoms. The van der Waals surface area contributed by atoms with Gasteiger partial charge in [0.1, 0.15) is 5.82 Å². The van der Waals surface area contributed by atoms with Crippen molar-refractivity contribution in [1.29, 1.82) is 0 Å². The maximum atomic E-state index is 13.8. The molecule has 1 aliphatic rings. The lowest BCUT2D eigenvalue weighted by Crippen LogP contribution is -2.17. The molecule has 0 fully saturated rings. The molecule has 1 heterocycles. The topological polar surface area (TPSA) is 104 Å². The summed E-state index contributed by atoms with van der Waals surface area (Å²) < 4.78 is 37.4. The lowest BCUT2D eigenvalue weighted by molar-refractivity contribution is -0.120. The van der Waals surface area contributed by atoms with Gasteiger partial charge in [0.2, 0.25) is 5.91 Å². The second-order valence-electron chi connectivity index (χ2n) is 8.19. The Bertz CT molecular complexity index is 1430. The Morgan fingerprint density at radius 1 is 1.00 bits per heavy atom. The van der Waals surface area contributed by atoms with Gasteiger partial charge in [0.15, 0.2) is 9.84 Å². The van der Waals surface area contributed by atoms with Crippen molar-refractivity contribution in [3.05, 3.63) is 89.2 Å². The number of sulfone groups is 1. The van der Waals surface area contributed by atoms with Gasteiger partial charge in [-0.1, -0.05) is 24.3 Å². The molecule has 0 unspecified atom stereocenters. The zero-order valence-corrected chi connectivity index (χ0v) is 20.0. The van der Waals surface area contributed by atoms with Gasteiger partial charge in [-0.3, -0.25) is 9.59 Å². The predicted octanol–water partition coefficient (Wildman–Crippen LogP) is 3.84. The zero-order valence-electron chi connectivity index (χ0n) is 19.2. The van der Waals surface area contributed by atoms with Crippen molar-refractivity contribution >= 4 is 44.3 Å². The van der Waals surface area contributed by atoms with E-state index in [1.807, 2.05) is 24.3 Å². The van der Waals surface area contributed by atoms with E-state index in [1.54, 1.807) is 25.2 Å². The van der Waals surface area contributed by atoms with Crippen LogP contribution < -0.4 is 16.0 Å². The van der Waals surface area contributed by atoms with Crippen LogP contribution in [-0.2, 0) is 25.8 Å². The van der Waals surface area contributed by atoms with Crippen LogP contribution in [-0.4, -0.2) is 33.5 Å². The third-order valence-electron chi connectivity index (χ3n) is 5.69. The van der Waals surface area contributed by atoms with Gasteiger partial charge in [-0.15, -0.1) is 0 Å². The normalized spacial score (nSPS) is 14.2. The fourth-order valence-electron chi connectivity index (χ4n) is 3.82.